The Bertz CT molecular complexity index is 761. The molecule has 1 aliphatic carbocycles. The van der Waals surface area contributed by atoms with Crippen molar-refractivity contribution in [2.45, 2.75) is 31.5 Å². The summed E-state index contributed by atoms with van der Waals surface area (Å²) in [4.78, 5) is 37.6. The SMILES string of the molecule is O=C(N[C@@H](C(=O)O)c1ccccc1C(F)(F)F)[C@@H]1CC(=O)N(CC2CC2)C1. The van der Waals surface area contributed by atoms with Gasteiger partial charge in [0.15, 0.2) is 6.04 Å². The summed E-state index contributed by atoms with van der Waals surface area (Å²) in [5.74, 6) is -2.84. The predicted octanol–water partition coefficient (Wildman–Crippen LogP) is 2.21. The lowest BCUT2D eigenvalue weighted by Crippen LogP contribution is -2.39. The van der Waals surface area contributed by atoms with Gasteiger partial charge in [0.2, 0.25) is 11.8 Å². The van der Waals surface area contributed by atoms with E-state index < -0.39 is 41.1 Å². The molecule has 0 radical (unpaired) electrons. The van der Waals surface area contributed by atoms with Crippen LogP contribution in [0, 0.1) is 11.8 Å². The number of nitrogens with one attached hydrogen (secondary N) is 1. The van der Waals surface area contributed by atoms with E-state index in [4.69, 9.17) is 0 Å². The van der Waals surface area contributed by atoms with E-state index in [9.17, 15) is 32.7 Å². The minimum Gasteiger partial charge on any atom is -0.479 e. The molecule has 9 heteroatoms. The normalized spacial score (nSPS) is 21.2. The van der Waals surface area contributed by atoms with Gasteiger partial charge in [0.05, 0.1) is 11.5 Å². The van der Waals surface area contributed by atoms with Crippen molar-refractivity contribution in [3.63, 3.8) is 0 Å². The highest BCUT2D eigenvalue weighted by Gasteiger charge is 2.40. The number of hydrogen-bond donors (Lipinski definition) is 2. The lowest BCUT2D eigenvalue weighted by Gasteiger charge is -2.21. The Kier molecular flexibility index (Phi) is 5.12. The smallest absolute Gasteiger partial charge is 0.416 e. The average Bonchev–Trinajstić information content (AvgIpc) is 3.33. The van der Waals surface area contributed by atoms with Crippen LogP contribution in [-0.2, 0) is 20.6 Å². The highest BCUT2D eigenvalue weighted by molar-refractivity contribution is 5.91. The fraction of sp³-hybridized carbons (Fsp3) is 0.500. The molecular formula is C18H19F3N2O4. The number of alkyl halides is 3. The third kappa shape index (κ3) is 4.40. The molecule has 0 spiro atoms. The van der Waals surface area contributed by atoms with Crippen molar-refractivity contribution in [1.82, 2.24) is 10.2 Å². The van der Waals surface area contributed by atoms with Crippen molar-refractivity contribution in [2.24, 2.45) is 11.8 Å². The Hall–Kier alpha value is -2.58. The standard InChI is InChI=1S/C18H19F3N2O4/c19-18(20,21)13-4-2-1-3-12(13)15(17(26)27)22-16(25)11-7-14(24)23(9-11)8-10-5-6-10/h1-4,10-11,15H,5-9H2,(H,22,25)(H,26,27)/t11-,15-/m1/s1. The van der Waals surface area contributed by atoms with Crippen molar-refractivity contribution < 1.29 is 32.7 Å². The number of nitrogens with zero attached hydrogens (tertiary/aromatic N) is 1. The maximum Gasteiger partial charge on any atom is 0.416 e. The van der Waals surface area contributed by atoms with E-state index in [1.807, 2.05) is 0 Å². The lowest BCUT2D eigenvalue weighted by atomic mass is 9.98. The third-order valence-electron chi connectivity index (χ3n) is 4.87. The minimum atomic E-state index is -4.75. The number of amides is 2. The first-order chi connectivity index (χ1) is 12.7. The summed E-state index contributed by atoms with van der Waals surface area (Å²) in [5, 5.41) is 11.6. The van der Waals surface area contributed by atoms with Crippen LogP contribution in [0.25, 0.3) is 0 Å². The first-order valence-corrected chi connectivity index (χ1v) is 8.64. The summed E-state index contributed by atoms with van der Waals surface area (Å²) in [6.07, 6.45) is -2.74. The van der Waals surface area contributed by atoms with Crippen LogP contribution >= 0.6 is 0 Å². The monoisotopic (exact) mass is 384 g/mol. The van der Waals surface area contributed by atoms with E-state index in [2.05, 4.69) is 5.32 Å². The molecule has 1 aliphatic heterocycles. The van der Waals surface area contributed by atoms with Gasteiger partial charge in [0.1, 0.15) is 0 Å². The van der Waals surface area contributed by atoms with Gasteiger partial charge in [0.25, 0.3) is 0 Å². The molecule has 1 heterocycles. The average molecular weight is 384 g/mol. The number of benzene rings is 1. The quantitative estimate of drug-likeness (QED) is 0.787. The van der Waals surface area contributed by atoms with Crippen molar-refractivity contribution in [3.8, 4) is 0 Å². The Morgan fingerprint density at radius 1 is 1.26 bits per heavy atom. The molecule has 0 unspecified atom stereocenters. The number of aliphatic carboxylic acids is 1. The molecule has 6 nitrogen and oxygen atoms in total. The van der Waals surface area contributed by atoms with Gasteiger partial charge in [-0.05, 0) is 30.4 Å². The lowest BCUT2D eigenvalue weighted by molar-refractivity contribution is -0.144. The number of carboxylic acid groups (broad SMARTS) is 1. The Balaban J connectivity index is 1.75. The van der Waals surface area contributed by atoms with Crippen LogP contribution in [0.3, 0.4) is 0 Å². The third-order valence-corrected chi connectivity index (χ3v) is 4.87. The molecule has 1 aromatic carbocycles. The largest absolute Gasteiger partial charge is 0.479 e. The number of carbonyl (C=O) groups excluding carboxylic acids is 2. The second-order valence-electron chi connectivity index (χ2n) is 7.01. The fourth-order valence-electron chi connectivity index (χ4n) is 3.28. The molecule has 2 aliphatic rings. The summed E-state index contributed by atoms with van der Waals surface area (Å²) >= 11 is 0. The number of hydrogen-bond acceptors (Lipinski definition) is 3. The zero-order valence-corrected chi connectivity index (χ0v) is 14.3. The van der Waals surface area contributed by atoms with E-state index in [1.165, 1.54) is 6.07 Å². The van der Waals surface area contributed by atoms with Crippen LogP contribution in [0.5, 0.6) is 0 Å². The molecule has 27 heavy (non-hydrogen) atoms. The van der Waals surface area contributed by atoms with Crippen molar-refractivity contribution >= 4 is 17.8 Å². The Morgan fingerprint density at radius 2 is 1.93 bits per heavy atom. The summed E-state index contributed by atoms with van der Waals surface area (Å²) in [5.41, 5.74) is -1.65. The second-order valence-corrected chi connectivity index (χ2v) is 7.01. The molecule has 1 aromatic rings. The minimum absolute atomic E-state index is 0.0637. The van der Waals surface area contributed by atoms with Crippen LogP contribution in [-0.4, -0.2) is 40.9 Å². The van der Waals surface area contributed by atoms with Gasteiger partial charge in [-0.2, -0.15) is 13.2 Å². The van der Waals surface area contributed by atoms with Gasteiger partial charge in [-0.25, -0.2) is 4.79 Å². The molecule has 3 rings (SSSR count). The second kappa shape index (κ2) is 7.21. The molecule has 0 aromatic heterocycles. The molecule has 2 atom stereocenters. The van der Waals surface area contributed by atoms with E-state index in [-0.39, 0.29) is 18.9 Å². The van der Waals surface area contributed by atoms with Crippen LogP contribution in [0.15, 0.2) is 24.3 Å². The van der Waals surface area contributed by atoms with E-state index >= 15 is 0 Å². The zero-order chi connectivity index (χ0) is 19.8. The van der Waals surface area contributed by atoms with E-state index in [1.54, 1.807) is 4.90 Å². The van der Waals surface area contributed by atoms with Gasteiger partial charge in [-0.1, -0.05) is 18.2 Å². The van der Waals surface area contributed by atoms with Gasteiger partial charge >= 0.3 is 12.1 Å². The number of likely N-dealkylation sites (tertiary alicyclic amines) is 1. The maximum absolute atomic E-state index is 13.2. The Labute approximate surface area is 153 Å². The van der Waals surface area contributed by atoms with Gasteiger partial charge in [-0.15, -0.1) is 0 Å². The molecule has 2 N–H and O–H groups in total. The van der Waals surface area contributed by atoms with E-state index in [0.717, 1.165) is 31.0 Å². The van der Waals surface area contributed by atoms with Crippen molar-refractivity contribution in [1.29, 1.82) is 0 Å². The number of rotatable bonds is 6. The molecular weight excluding hydrogens is 365 g/mol. The molecule has 1 saturated heterocycles. The first-order valence-electron chi connectivity index (χ1n) is 8.64. The molecule has 2 fully saturated rings. The van der Waals surface area contributed by atoms with Crippen molar-refractivity contribution in [2.75, 3.05) is 13.1 Å². The zero-order valence-electron chi connectivity index (χ0n) is 14.3. The predicted molar refractivity (Wildman–Crippen MR) is 87.4 cm³/mol. The first kappa shape index (κ1) is 19.2. The Morgan fingerprint density at radius 3 is 2.52 bits per heavy atom. The summed E-state index contributed by atoms with van der Waals surface area (Å²) < 4.78 is 39.6. The van der Waals surface area contributed by atoms with Gasteiger partial charge in [0, 0.05) is 19.5 Å². The molecule has 0 bridgehead atoms. The molecule has 2 amide bonds. The summed E-state index contributed by atoms with van der Waals surface area (Å²) in [6.45, 7) is 0.732. The molecule has 146 valence electrons. The number of carbonyl (C=O) groups is 3. The summed E-state index contributed by atoms with van der Waals surface area (Å²) in [6, 6.07) is 2.39. The van der Waals surface area contributed by atoms with Crippen LogP contribution in [0.1, 0.15) is 36.4 Å². The van der Waals surface area contributed by atoms with Crippen molar-refractivity contribution in [3.05, 3.63) is 35.4 Å². The van der Waals surface area contributed by atoms with Crippen LogP contribution in [0.4, 0.5) is 13.2 Å². The maximum atomic E-state index is 13.2. The van der Waals surface area contributed by atoms with Gasteiger partial charge in [-0.3, -0.25) is 9.59 Å². The number of halogens is 3. The van der Waals surface area contributed by atoms with Gasteiger partial charge < -0.3 is 15.3 Å². The fourth-order valence-corrected chi connectivity index (χ4v) is 3.28. The number of carboxylic acids is 1. The molecule has 1 saturated carbocycles. The summed E-state index contributed by atoms with van der Waals surface area (Å²) in [7, 11) is 0. The highest BCUT2D eigenvalue weighted by atomic mass is 19.4. The van der Waals surface area contributed by atoms with E-state index in [0.29, 0.717) is 12.5 Å². The van der Waals surface area contributed by atoms with Crippen LogP contribution < -0.4 is 5.32 Å². The highest BCUT2D eigenvalue weighted by Crippen LogP contribution is 2.35. The topological polar surface area (TPSA) is 86.7 Å². The van der Waals surface area contributed by atoms with Crippen LogP contribution in [0.2, 0.25) is 0 Å².